The maximum atomic E-state index is 13.2. The van der Waals surface area contributed by atoms with Gasteiger partial charge in [-0.1, -0.05) is 23.7 Å². The van der Waals surface area contributed by atoms with E-state index in [9.17, 15) is 22.4 Å². The third-order valence-electron chi connectivity index (χ3n) is 3.71. The van der Waals surface area contributed by atoms with E-state index in [0.717, 1.165) is 18.2 Å². The lowest BCUT2D eigenvalue weighted by atomic mass is 10.1. The van der Waals surface area contributed by atoms with Gasteiger partial charge in [-0.3, -0.25) is 4.79 Å². The van der Waals surface area contributed by atoms with Gasteiger partial charge in [-0.15, -0.1) is 0 Å². The number of hydrogen-bond donors (Lipinski definition) is 1. The van der Waals surface area contributed by atoms with Crippen molar-refractivity contribution < 1.29 is 27.1 Å². The molecule has 0 radical (unpaired) electrons. The van der Waals surface area contributed by atoms with E-state index in [2.05, 4.69) is 4.72 Å². The molecule has 1 N–H and O–H groups in total. The van der Waals surface area contributed by atoms with Crippen molar-refractivity contribution in [3.05, 3.63) is 64.4 Å². The molecule has 0 saturated heterocycles. The van der Waals surface area contributed by atoms with Gasteiger partial charge in [0.1, 0.15) is 5.82 Å². The van der Waals surface area contributed by atoms with Crippen molar-refractivity contribution in [1.29, 1.82) is 0 Å². The molecular weight excluding hydrogens is 397 g/mol. The first-order valence-electron chi connectivity index (χ1n) is 7.85. The fraction of sp³-hybridized carbons (Fsp3) is 0.222. The van der Waals surface area contributed by atoms with Crippen LogP contribution in [-0.2, 0) is 26.1 Å². The Morgan fingerprint density at radius 3 is 2.37 bits per heavy atom. The summed E-state index contributed by atoms with van der Waals surface area (Å²) in [6.07, 6.45) is -0.841. The van der Waals surface area contributed by atoms with Gasteiger partial charge in [-0.25, -0.2) is 22.3 Å². The van der Waals surface area contributed by atoms with Gasteiger partial charge in [0.25, 0.3) is 0 Å². The van der Waals surface area contributed by atoms with E-state index >= 15 is 0 Å². The minimum absolute atomic E-state index is 0.0451. The number of rotatable bonds is 7. The van der Waals surface area contributed by atoms with Gasteiger partial charge in [-0.2, -0.15) is 0 Å². The predicted octanol–water partition coefficient (Wildman–Crippen LogP) is 3.09. The van der Waals surface area contributed by atoms with Crippen LogP contribution in [0.1, 0.15) is 29.8 Å². The molecule has 0 spiro atoms. The molecule has 144 valence electrons. The second kappa shape index (κ2) is 8.60. The van der Waals surface area contributed by atoms with Crippen molar-refractivity contribution in [2.24, 2.45) is 0 Å². The number of carbonyl (C=O) groups is 2. The molecule has 0 heterocycles. The quantitative estimate of drug-likeness (QED) is 0.704. The highest BCUT2D eigenvalue weighted by Crippen LogP contribution is 2.19. The highest BCUT2D eigenvalue weighted by atomic mass is 35.5. The zero-order chi connectivity index (χ0) is 20.2. The number of hydrogen-bond acceptors (Lipinski definition) is 5. The molecule has 0 aromatic heterocycles. The maximum Gasteiger partial charge on any atom is 0.338 e. The Hall–Kier alpha value is -2.29. The molecule has 2 rings (SSSR count). The fourth-order valence-electron chi connectivity index (χ4n) is 1.98. The van der Waals surface area contributed by atoms with Gasteiger partial charge in [-0.05, 0) is 49.7 Å². The monoisotopic (exact) mass is 413 g/mol. The summed E-state index contributed by atoms with van der Waals surface area (Å²) in [5, 5.41) is -0.291. The lowest BCUT2D eigenvalue weighted by molar-refractivity contribution is -0.124. The SMILES string of the molecule is CC(=O)C(C)OC(=O)c1ccc(CNS(=O)(=O)c2ccc(F)c(Cl)c2)cc1. The molecule has 0 aliphatic rings. The summed E-state index contributed by atoms with van der Waals surface area (Å²) < 4.78 is 45.0. The highest BCUT2D eigenvalue weighted by molar-refractivity contribution is 7.89. The van der Waals surface area contributed by atoms with Crippen molar-refractivity contribution in [3.63, 3.8) is 0 Å². The van der Waals surface area contributed by atoms with Crippen molar-refractivity contribution in [3.8, 4) is 0 Å². The Bertz CT molecular complexity index is 960. The fourth-order valence-corrected chi connectivity index (χ4v) is 3.26. The molecule has 27 heavy (non-hydrogen) atoms. The normalized spacial score (nSPS) is 12.4. The van der Waals surface area contributed by atoms with Gasteiger partial charge in [0.05, 0.1) is 15.5 Å². The largest absolute Gasteiger partial charge is 0.451 e. The van der Waals surface area contributed by atoms with Gasteiger partial charge >= 0.3 is 5.97 Å². The molecule has 0 saturated carbocycles. The summed E-state index contributed by atoms with van der Waals surface area (Å²) in [7, 11) is -3.88. The Morgan fingerprint density at radius 2 is 1.81 bits per heavy atom. The van der Waals surface area contributed by atoms with Gasteiger partial charge < -0.3 is 4.74 Å². The average molecular weight is 414 g/mol. The summed E-state index contributed by atoms with van der Waals surface area (Å²) in [4.78, 5) is 22.9. The second-order valence-corrected chi connectivity index (χ2v) is 7.93. The van der Waals surface area contributed by atoms with Crippen LogP contribution in [0, 0.1) is 5.82 Å². The van der Waals surface area contributed by atoms with Gasteiger partial charge in [0.15, 0.2) is 11.9 Å². The Labute approximate surface area is 161 Å². The number of nitrogens with one attached hydrogen (secondary N) is 1. The van der Waals surface area contributed by atoms with E-state index in [1.54, 1.807) is 12.1 Å². The van der Waals surface area contributed by atoms with Crippen LogP contribution in [-0.4, -0.2) is 26.3 Å². The van der Waals surface area contributed by atoms with Crippen LogP contribution in [0.25, 0.3) is 0 Å². The van der Waals surface area contributed by atoms with Crippen LogP contribution in [0.3, 0.4) is 0 Å². The number of carbonyl (C=O) groups excluding carboxylic acids is 2. The Morgan fingerprint density at radius 1 is 1.19 bits per heavy atom. The smallest absolute Gasteiger partial charge is 0.338 e. The maximum absolute atomic E-state index is 13.2. The Kier molecular flexibility index (Phi) is 6.69. The first-order valence-corrected chi connectivity index (χ1v) is 9.71. The first kappa shape index (κ1) is 21.0. The first-order chi connectivity index (χ1) is 12.6. The lowest BCUT2D eigenvalue weighted by Crippen LogP contribution is -2.23. The number of ether oxygens (including phenoxy) is 1. The molecule has 2 aromatic carbocycles. The number of benzene rings is 2. The van der Waals surface area contributed by atoms with E-state index < -0.39 is 27.9 Å². The minimum atomic E-state index is -3.88. The standard InChI is InChI=1S/C18H17ClFNO5S/c1-11(22)12(2)26-18(23)14-5-3-13(4-6-14)10-21-27(24,25)15-7-8-17(20)16(19)9-15/h3-9,12,21H,10H2,1-2H3. The van der Waals surface area contributed by atoms with Crippen molar-refractivity contribution >= 4 is 33.4 Å². The molecule has 0 aliphatic carbocycles. The third kappa shape index (κ3) is 5.59. The third-order valence-corrected chi connectivity index (χ3v) is 5.40. The zero-order valence-electron chi connectivity index (χ0n) is 14.5. The van der Waals surface area contributed by atoms with E-state index in [1.165, 1.54) is 26.0 Å². The molecule has 6 nitrogen and oxygen atoms in total. The van der Waals surface area contributed by atoms with Gasteiger partial charge in [0.2, 0.25) is 10.0 Å². The van der Waals surface area contributed by atoms with Crippen molar-refractivity contribution in [1.82, 2.24) is 4.72 Å². The molecule has 1 atom stereocenters. The van der Waals surface area contributed by atoms with Crippen LogP contribution in [0.5, 0.6) is 0 Å². The second-order valence-electron chi connectivity index (χ2n) is 5.76. The summed E-state index contributed by atoms with van der Waals surface area (Å²) in [6, 6.07) is 9.14. The molecule has 0 fully saturated rings. The van der Waals surface area contributed by atoms with E-state index in [0.29, 0.717) is 5.56 Å². The van der Waals surface area contributed by atoms with E-state index in [1.807, 2.05) is 0 Å². The Balaban J connectivity index is 2.03. The zero-order valence-corrected chi connectivity index (χ0v) is 16.1. The summed E-state index contributed by atoms with van der Waals surface area (Å²) in [5.41, 5.74) is 0.822. The summed E-state index contributed by atoms with van der Waals surface area (Å²) >= 11 is 5.61. The predicted molar refractivity (Wildman–Crippen MR) is 97.4 cm³/mol. The number of sulfonamides is 1. The summed E-state index contributed by atoms with van der Waals surface area (Å²) in [6.45, 7) is 2.75. The molecule has 0 aliphatic heterocycles. The lowest BCUT2D eigenvalue weighted by Gasteiger charge is -2.11. The molecule has 9 heteroatoms. The number of ketones is 1. The van der Waals surface area contributed by atoms with Crippen LogP contribution in [0.4, 0.5) is 4.39 Å². The van der Waals surface area contributed by atoms with Crippen LogP contribution < -0.4 is 4.72 Å². The average Bonchev–Trinajstić information content (AvgIpc) is 2.62. The summed E-state index contributed by atoms with van der Waals surface area (Å²) in [5.74, 6) is -1.63. The number of Topliss-reactive ketones (excluding diaryl/α,β-unsaturated/α-hetero) is 1. The number of halogens is 2. The molecule has 0 bridgehead atoms. The van der Waals surface area contributed by atoms with E-state index in [-0.39, 0.29) is 27.8 Å². The van der Waals surface area contributed by atoms with Crippen molar-refractivity contribution in [2.45, 2.75) is 31.4 Å². The van der Waals surface area contributed by atoms with E-state index in [4.69, 9.17) is 16.3 Å². The topological polar surface area (TPSA) is 89.5 Å². The molecular formula is C18H17ClFNO5S. The van der Waals surface area contributed by atoms with Crippen LogP contribution in [0.15, 0.2) is 47.4 Å². The molecule has 2 aromatic rings. The van der Waals surface area contributed by atoms with Crippen LogP contribution in [0.2, 0.25) is 5.02 Å². The van der Waals surface area contributed by atoms with Gasteiger partial charge in [0, 0.05) is 6.54 Å². The molecule has 0 amide bonds. The molecule has 1 unspecified atom stereocenters. The number of esters is 1. The van der Waals surface area contributed by atoms with Crippen molar-refractivity contribution in [2.75, 3.05) is 0 Å². The minimum Gasteiger partial charge on any atom is -0.451 e. The van der Waals surface area contributed by atoms with Crippen LogP contribution >= 0.6 is 11.6 Å². The highest BCUT2D eigenvalue weighted by Gasteiger charge is 2.17.